The van der Waals surface area contributed by atoms with Crippen molar-refractivity contribution in [2.24, 2.45) is 0 Å². The van der Waals surface area contributed by atoms with Crippen LogP contribution in [0.3, 0.4) is 0 Å². The molecule has 2 aromatic carbocycles. The zero-order valence-electron chi connectivity index (χ0n) is 25.9. The molecule has 0 saturated heterocycles. The smallest absolute Gasteiger partial charge is 0.0718 e. The van der Waals surface area contributed by atoms with E-state index in [-0.39, 0.29) is 21.7 Å². The van der Waals surface area contributed by atoms with E-state index in [1.165, 1.54) is 33.4 Å². The Morgan fingerprint density at radius 1 is 0.378 bits per heavy atom. The molecule has 3 nitrogen and oxygen atoms in total. The molecule has 0 spiro atoms. The van der Waals surface area contributed by atoms with Crippen molar-refractivity contribution in [1.29, 1.82) is 0 Å². The lowest BCUT2D eigenvalue weighted by Crippen LogP contribution is -2.17. The molecule has 0 fully saturated rings. The number of hydrogen-bond donors (Lipinski definition) is 0. The third-order valence-electron chi connectivity index (χ3n) is 6.73. The van der Waals surface area contributed by atoms with Crippen LogP contribution in [0.25, 0.3) is 0 Å². The van der Waals surface area contributed by atoms with E-state index in [0.29, 0.717) is 39.6 Å². The molecule has 0 saturated carbocycles. The minimum absolute atomic E-state index is 0.113. The molecule has 3 heteroatoms. The summed E-state index contributed by atoms with van der Waals surface area (Å²) in [6.45, 7) is 30.7. The van der Waals surface area contributed by atoms with Crippen molar-refractivity contribution >= 4 is 0 Å². The monoisotopic (exact) mass is 510 g/mol. The molecule has 0 atom stereocenters. The van der Waals surface area contributed by atoms with Crippen molar-refractivity contribution in [2.45, 2.75) is 118 Å². The first-order valence-corrected chi connectivity index (χ1v) is 13.9. The zero-order chi connectivity index (χ0) is 28.1. The first kappa shape index (κ1) is 31.5. The minimum Gasteiger partial charge on any atom is -0.377 e. The number of ether oxygens (including phenoxy) is 3. The Hall–Kier alpha value is -1.68. The Balaban J connectivity index is 1.78. The summed E-state index contributed by atoms with van der Waals surface area (Å²) in [6, 6.07) is 13.8. The van der Waals surface area contributed by atoms with Gasteiger partial charge in [0.2, 0.25) is 0 Å². The van der Waals surface area contributed by atoms with Gasteiger partial charge in [-0.2, -0.15) is 0 Å². The first-order chi connectivity index (χ1) is 16.9. The SMILES string of the molecule is CC(C)(C)c1cc(COCCOCCOCc2cc(C(C)(C)C)cc(C(C)(C)C)c2)cc(C(C)(C)C)c1. The van der Waals surface area contributed by atoms with Crippen molar-refractivity contribution < 1.29 is 14.2 Å². The minimum atomic E-state index is 0.113. The summed E-state index contributed by atoms with van der Waals surface area (Å²) in [4.78, 5) is 0. The van der Waals surface area contributed by atoms with Crippen LogP contribution in [0.2, 0.25) is 0 Å². The molecule has 0 N–H and O–H groups in total. The quantitative estimate of drug-likeness (QED) is 0.299. The predicted octanol–water partition coefficient (Wildman–Crippen LogP) is 8.63. The molecule has 2 rings (SSSR count). The summed E-state index contributed by atoms with van der Waals surface area (Å²) in [5, 5.41) is 0. The summed E-state index contributed by atoms with van der Waals surface area (Å²) in [6.07, 6.45) is 0. The summed E-state index contributed by atoms with van der Waals surface area (Å²) in [5.41, 5.74) is 8.33. The molecule has 0 aromatic heterocycles. The Labute approximate surface area is 228 Å². The van der Waals surface area contributed by atoms with Gasteiger partial charge in [-0.05, 0) is 55.0 Å². The Kier molecular flexibility index (Phi) is 10.6. The number of benzene rings is 2. The summed E-state index contributed by atoms with van der Waals surface area (Å²) < 4.78 is 17.7. The van der Waals surface area contributed by atoms with Gasteiger partial charge in [0.05, 0.1) is 39.6 Å². The van der Waals surface area contributed by atoms with E-state index < -0.39 is 0 Å². The molecule has 0 bridgehead atoms. The van der Waals surface area contributed by atoms with Crippen LogP contribution in [0.5, 0.6) is 0 Å². The van der Waals surface area contributed by atoms with Crippen LogP contribution in [0.4, 0.5) is 0 Å². The maximum absolute atomic E-state index is 5.96. The molecule has 0 amide bonds. The fourth-order valence-corrected chi connectivity index (χ4v) is 4.00. The largest absolute Gasteiger partial charge is 0.377 e. The fourth-order valence-electron chi connectivity index (χ4n) is 4.00. The predicted molar refractivity (Wildman–Crippen MR) is 158 cm³/mol. The van der Waals surface area contributed by atoms with Crippen LogP contribution < -0.4 is 0 Å². The number of hydrogen-bond acceptors (Lipinski definition) is 3. The van der Waals surface area contributed by atoms with Crippen LogP contribution in [0, 0.1) is 0 Å². The molecule has 208 valence electrons. The standard InChI is InChI=1S/C34H54O3/c1-31(2,3)27-17-25(18-28(21-27)32(4,5)6)23-36-15-13-35-14-16-37-24-26-19-29(33(7,8)9)22-30(20-26)34(10,11)12/h17-22H,13-16,23-24H2,1-12H3. The highest BCUT2D eigenvalue weighted by molar-refractivity contribution is 5.38. The second-order valence-electron chi connectivity index (χ2n) is 14.6. The maximum Gasteiger partial charge on any atom is 0.0718 e. The molecule has 0 aliphatic carbocycles. The third kappa shape index (κ3) is 10.5. The lowest BCUT2D eigenvalue weighted by molar-refractivity contribution is 0.00698. The summed E-state index contributed by atoms with van der Waals surface area (Å²) in [5.74, 6) is 0. The van der Waals surface area contributed by atoms with Crippen LogP contribution in [0.1, 0.15) is 116 Å². The van der Waals surface area contributed by atoms with E-state index in [4.69, 9.17) is 14.2 Å². The fraction of sp³-hybridized carbons (Fsp3) is 0.647. The van der Waals surface area contributed by atoms with Gasteiger partial charge in [-0.1, -0.05) is 119 Å². The lowest BCUT2D eigenvalue weighted by atomic mass is 9.79. The molecule has 37 heavy (non-hydrogen) atoms. The Morgan fingerprint density at radius 3 is 0.865 bits per heavy atom. The van der Waals surface area contributed by atoms with E-state index in [1.54, 1.807) is 0 Å². The van der Waals surface area contributed by atoms with Gasteiger partial charge in [0.25, 0.3) is 0 Å². The highest BCUT2D eigenvalue weighted by atomic mass is 16.5. The highest BCUT2D eigenvalue weighted by Crippen LogP contribution is 2.31. The van der Waals surface area contributed by atoms with Crippen LogP contribution in [-0.4, -0.2) is 26.4 Å². The van der Waals surface area contributed by atoms with Gasteiger partial charge in [0.1, 0.15) is 0 Å². The van der Waals surface area contributed by atoms with Gasteiger partial charge < -0.3 is 14.2 Å². The molecule has 0 aliphatic rings. The molecule has 2 aromatic rings. The second-order valence-corrected chi connectivity index (χ2v) is 14.6. The van der Waals surface area contributed by atoms with Gasteiger partial charge in [-0.25, -0.2) is 0 Å². The zero-order valence-corrected chi connectivity index (χ0v) is 25.9. The molecular weight excluding hydrogens is 456 g/mol. The van der Waals surface area contributed by atoms with E-state index in [9.17, 15) is 0 Å². The van der Waals surface area contributed by atoms with E-state index in [0.717, 1.165) is 0 Å². The summed E-state index contributed by atoms with van der Waals surface area (Å²) in [7, 11) is 0. The van der Waals surface area contributed by atoms with Crippen molar-refractivity contribution in [3.63, 3.8) is 0 Å². The highest BCUT2D eigenvalue weighted by Gasteiger charge is 2.21. The van der Waals surface area contributed by atoms with Crippen LogP contribution in [0.15, 0.2) is 36.4 Å². The summed E-state index contributed by atoms with van der Waals surface area (Å²) >= 11 is 0. The van der Waals surface area contributed by atoms with Crippen LogP contribution in [-0.2, 0) is 49.1 Å². The van der Waals surface area contributed by atoms with Crippen molar-refractivity contribution in [1.82, 2.24) is 0 Å². The first-order valence-electron chi connectivity index (χ1n) is 13.9. The van der Waals surface area contributed by atoms with Crippen molar-refractivity contribution in [3.8, 4) is 0 Å². The molecule has 0 aliphatic heterocycles. The molecule has 0 unspecified atom stereocenters. The lowest BCUT2D eigenvalue weighted by Gasteiger charge is -2.26. The van der Waals surface area contributed by atoms with Crippen molar-refractivity contribution in [3.05, 3.63) is 69.8 Å². The normalized spacial score (nSPS) is 13.3. The second kappa shape index (κ2) is 12.5. The Bertz CT molecular complexity index is 846. The molecular formula is C34H54O3. The average molecular weight is 511 g/mol. The molecule has 0 heterocycles. The van der Waals surface area contributed by atoms with E-state index in [1.807, 2.05) is 0 Å². The van der Waals surface area contributed by atoms with Crippen molar-refractivity contribution in [2.75, 3.05) is 26.4 Å². The Morgan fingerprint density at radius 2 is 0.622 bits per heavy atom. The average Bonchev–Trinajstić information content (AvgIpc) is 2.75. The van der Waals surface area contributed by atoms with Gasteiger partial charge >= 0.3 is 0 Å². The molecule has 0 radical (unpaired) electrons. The van der Waals surface area contributed by atoms with Gasteiger partial charge in [0, 0.05) is 0 Å². The maximum atomic E-state index is 5.96. The van der Waals surface area contributed by atoms with Crippen LogP contribution >= 0.6 is 0 Å². The van der Waals surface area contributed by atoms with Gasteiger partial charge in [0.15, 0.2) is 0 Å². The third-order valence-corrected chi connectivity index (χ3v) is 6.73. The van der Waals surface area contributed by atoms with Gasteiger partial charge in [-0.3, -0.25) is 0 Å². The number of rotatable bonds is 10. The van der Waals surface area contributed by atoms with Gasteiger partial charge in [-0.15, -0.1) is 0 Å². The van der Waals surface area contributed by atoms with E-state index >= 15 is 0 Å². The van der Waals surface area contributed by atoms with E-state index in [2.05, 4.69) is 119 Å². The topological polar surface area (TPSA) is 27.7 Å².